The average Bonchev–Trinajstić information content (AvgIpc) is 3.33. The first kappa shape index (κ1) is 17.3. The number of nitrogens with one attached hydrogen (secondary N) is 2. The minimum atomic E-state index is -0.0586. The SMILES string of the molecule is CNC(=O)c1cc2c(s1)CCN(C(=O)c1cn[nH]c1C1CCCCC1)C2. The third kappa shape index (κ3) is 3.16. The molecule has 2 N–H and O–H groups in total. The van der Waals surface area contributed by atoms with Gasteiger partial charge in [-0.15, -0.1) is 11.3 Å². The molecule has 7 heteroatoms. The Morgan fingerprint density at radius 2 is 2.12 bits per heavy atom. The lowest BCUT2D eigenvalue weighted by Gasteiger charge is -2.28. The van der Waals surface area contributed by atoms with E-state index in [9.17, 15) is 9.59 Å². The third-order valence-corrected chi connectivity index (χ3v) is 6.75. The van der Waals surface area contributed by atoms with E-state index in [-0.39, 0.29) is 11.8 Å². The maximum absolute atomic E-state index is 13.1. The molecule has 0 bridgehead atoms. The van der Waals surface area contributed by atoms with Crippen LogP contribution < -0.4 is 5.32 Å². The molecule has 1 aliphatic heterocycles. The molecule has 0 aromatic carbocycles. The molecule has 1 fully saturated rings. The Kier molecular flexibility index (Phi) is 4.80. The predicted octanol–water partition coefficient (Wildman–Crippen LogP) is 3.08. The van der Waals surface area contributed by atoms with Gasteiger partial charge in [-0.25, -0.2) is 0 Å². The van der Waals surface area contributed by atoms with Crippen LogP contribution in [0.25, 0.3) is 0 Å². The molecule has 0 atom stereocenters. The van der Waals surface area contributed by atoms with Crippen molar-refractivity contribution in [2.24, 2.45) is 0 Å². The van der Waals surface area contributed by atoms with E-state index < -0.39 is 0 Å². The van der Waals surface area contributed by atoms with Gasteiger partial charge in [-0.05, 0) is 30.9 Å². The van der Waals surface area contributed by atoms with Crippen molar-refractivity contribution in [2.45, 2.75) is 51.0 Å². The van der Waals surface area contributed by atoms with E-state index in [1.54, 1.807) is 13.2 Å². The summed E-state index contributed by atoms with van der Waals surface area (Å²) in [6, 6.07) is 1.93. The van der Waals surface area contributed by atoms with Crippen LogP contribution in [0.3, 0.4) is 0 Å². The van der Waals surface area contributed by atoms with Crippen LogP contribution >= 0.6 is 11.3 Å². The number of carbonyl (C=O) groups excluding carboxylic acids is 2. The summed E-state index contributed by atoms with van der Waals surface area (Å²) in [7, 11) is 1.64. The van der Waals surface area contributed by atoms with Crippen molar-refractivity contribution in [1.29, 1.82) is 0 Å². The first-order chi connectivity index (χ1) is 12.7. The Morgan fingerprint density at radius 3 is 2.88 bits per heavy atom. The molecule has 2 aromatic rings. The second-order valence-corrected chi connectivity index (χ2v) is 8.28. The zero-order chi connectivity index (χ0) is 18.1. The van der Waals surface area contributed by atoms with Crippen molar-refractivity contribution in [3.05, 3.63) is 38.8 Å². The van der Waals surface area contributed by atoms with E-state index in [2.05, 4.69) is 15.5 Å². The summed E-state index contributed by atoms with van der Waals surface area (Å²) in [6.07, 6.45) is 8.49. The summed E-state index contributed by atoms with van der Waals surface area (Å²) in [5.74, 6) is 0.418. The van der Waals surface area contributed by atoms with Gasteiger partial charge in [0.05, 0.1) is 22.3 Å². The average molecular weight is 372 g/mol. The quantitative estimate of drug-likeness (QED) is 0.869. The summed E-state index contributed by atoms with van der Waals surface area (Å²) in [5.41, 5.74) is 2.83. The highest BCUT2D eigenvalue weighted by Crippen LogP contribution is 2.34. The molecule has 0 saturated heterocycles. The number of nitrogens with zero attached hydrogens (tertiary/aromatic N) is 2. The van der Waals surface area contributed by atoms with Crippen molar-refractivity contribution in [3.8, 4) is 0 Å². The Hall–Kier alpha value is -2.15. The van der Waals surface area contributed by atoms with E-state index >= 15 is 0 Å². The number of amides is 2. The van der Waals surface area contributed by atoms with Crippen LogP contribution in [0.15, 0.2) is 12.3 Å². The van der Waals surface area contributed by atoms with Gasteiger partial charge in [0.15, 0.2) is 0 Å². The second kappa shape index (κ2) is 7.23. The lowest BCUT2D eigenvalue weighted by atomic mass is 9.85. The molecule has 0 unspecified atom stereocenters. The number of aromatic amines is 1. The molecule has 2 aliphatic rings. The lowest BCUT2D eigenvalue weighted by molar-refractivity contribution is 0.0734. The molecule has 26 heavy (non-hydrogen) atoms. The van der Waals surface area contributed by atoms with Crippen LogP contribution in [0.4, 0.5) is 0 Å². The van der Waals surface area contributed by atoms with Crippen molar-refractivity contribution < 1.29 is 9.59 Å². The van der Waals surface area contributed by atoms with Crippen LogP contribution in [0.1, 0.15) is 74.2 Å². The standard InChI is InChI=1S/C19H24N4O2S/c1-20-18(24)16-9-13-11-23(8-7-15(13)26-16)19(25)14-10-21-22-17(14)12-5-3-2-4-6-12/h9-10,12H,2-8,11H2,1H3,(H,20,24)(H,21,22). The molecule has 138 valence electrons. The molecule has 1 aliphatic carbocycles. The van der Waals surface area contributed by atoms with E-state index in [1.807, 2.05) is 11.0 Å². The molecule has 2 amide bonds. The molecule has 0 spiro atoms. The Morgan fingerprint density at radius 1 is 1.31 bits per heavy atom. The summed E-state index contributed by atoms with van der Waals surface area (Å²) in [5, 5.41) is 9.93. The minimum absolute atomic E-state index is 0.0534. The monoisotopic (exact) mass is 372 g/mol. The Bertz CT molecular complexity index is 819. The molecule has 2 aromatic heterocycles. The first-order valence-electron chi connectivity index (χ1n) is 9.33. The Labute approximate surface area is 157 Å². The molecular formula is C19H24N4O2S. The highest BCUT2D eigenvalue weighted by atomic mass is 32.1. The van der Waals surface area contributed by atoms with E-state index in [0.717, 1.165) is 41.0 Å². The molecule has 4 rings (SSSR count). The highest BCUT2D eigenvalue weighted by Gasteiger charge is 2.29. The normalized spacial score (nSPS) is 17.8. The van der Waals surface area contributed by atoms with Gasteiger partial charge < -0.3 is 10.2 Å². The van der Waals surface area contributed by atoms with E-state index in [0.29, 0.717) is 19.0 Å². The Balaban J connectivity index is 1.52. The van der Waals surface area contributed by atoms with Gasteiger partial charge in [0.1, 0.15) is 0 Å². The maximum Gasteiger partial charge on any atom is 0.261 e. The zero-order valence-corrected chi connectivity index (χ0v) is 15.8. The number of hydrogen-bond donors (Lipinski definition) is 2. The zero-order valence-electron chi connectivity index (χ0n) is 15.0. The number of carbonyl (C=O) groups is 2. The number of hydrogen-bond acceptors (Lipinski definition) is 4. The van der Waals surface area contributed by atoms with Crippen LogP contribution in [0, 0.1) is 0 Å². The largest absolute Gasteiger partial charge is 0.354 e. The van der Waals surface area contributed by atoms with Crippen LogP contribution in [0.5, 0.6) is 0 Å². The van der Waals surface area contributed by atoms with Gasteiger partial charge >= 0.3 is 0 Å². The first-order valence-corrected chi connectivity index (χ1v) is 10.1. The second-order valence-electron chi connectivity index (χ2n) is 7.15. The maximum atomic E-state index is 13.1. The number of fused-ring (bicyclic) bond motifs is 1. The van der Waals surface area contributed by atoms with Gasteiger partial charge in [0, 0.05) is 30.9 Å². The number of thiophene rings is 1. The van der Waals surface area contributed by atoms with Gasteiger partial charge in [-0.3, -0.25) is 14.7 Å². The molecule has 1 saturated carbocycles. The predicted molar refractivity (Wildman–Crippen MR) is 101 cm³/mol. The molecule has 6 nitrogen and oxygen atoms in total. The van der Waals surface area contributed by atoms with Gasteiger partial charge in [0.25, 0.3) is 11.8 Å². The molecular weight excluding hydrogens is 348 g/mol. The summed E-state index contributed by atoms with van der Waals surface area (Å²) in [6.45, 7) is 1.26. The smallest absolute Gasteiger partial charge is 0.261 e. The van der Waals surface area contributed by atoms with Gasteiger partial charge in [0.2, 0.25) is 0 Å². The summed E-state index contributed by atoms with van der Waals surface area (Å²) in [4.78, 5) is 28.8. The minimum Gasteiger partial charge on any atom is -0.354 e. The lowest BCUT2D eigenvalue weighted by Crippen LogP contribution is -2.35. The van der Waals surface area contributed by atoms with Crippen LogP contribution in [0.2, 0.25) is 0 Å². The number of H-pyrrole nitrogens is 1. The summed E-state index contributed by atoms with van der Waals surface area (Å²) >= 11 is 1.54. The van der Waals surface area contributed by atoms with E-state index in [4.69, 9.17) is 0 Å². The van der Waals surface area contributed by atoms with Crippen molar-refractivity contribution in [3.63, 3.8) is 0 Å². The van der Waals surface area contributed by atoms with Crippen molar-refractivity contribution in [2.75, 3.05) is 13.6 Å². The number of rotatable bonds is 3. The molecule has 0 radical (unpaired) electrons. The summed E-state index contributed by atoms with van der Waals surface area (Å²) < 4.78 is 0. The number of aromatic nitrogens is 2. The molecule has 3 heterocycles. The third-order valence-electron chi connectivity index (χ3n) is 5.52. The highest BCUT2D eigenvalue weighted by molar-refractivity contribution is 7.14. The fraction of sp³-hybridized carbons (Fsp3) is 0.526. The van der Waals surface area contributed by atoms with E-state index in [1.165, 1.54) is 35.5 Å². The van der Waals surface area contributed by atoms with Gasteiger partial charge in [-0.1, -0.05) is 19.3 Å². The van der Waals surface area contributed by atoms with Gasteiger partial charge in [-0.2, -0.15) is 5.10 Å². The van der Waals surface area contributed by atoms with Crippen LogP contribution in [-0.2, 0) is 13.0 Å². The van der Waals surface area contributed by atoms with Crippen LogP contribution in [-0.4, -0.2) is 40.5 Å². The fourth-order valence-corrected chi connectivity index (χ4v) is 5.19. The topological polar surface area (TPSA) is 78.1 Å². The van der Waals surface area contributed by atoms with Crippen molar-refractivity contribution >= 4 is 23.2 Å². The fourth-order valence-electron chi connectivity index (χ4n) is 4.08. The van der Waals surface area contributed by atoms with Crippen molar-refractivity contribution in [1.82, 2.24) is 20.4 Å².